The Morgan fingerprint density at radius 1 is 1.29 bits per heavy atom. The number of carbonyl (C=O) groups excluding carboxylic acids is 1. The minimum absolute atomic E-state index is 0.259. The van der Waals surface area contributed by atoms with E-state index in [2.05, 4.69) is 29.5 Å². The highest BCUT2D eigenvalue weighted by Gasteiger charge is 2.17. The van der Waals surface area contributed by atoms with Gasteiger partial charge in [-0.1, -0.05) is 41.6 Å². The largest absolute Gasteiger partial charge is 0.456 e. The van der Waals surface area contributed by atoms with E-state index < -0.39 is 5.60 Å². The number of hydrogen-bond acceptors (Lipinski definition) is 2. The SMILES string of the molecule is CCC(I)c1ccc(C(=O)OC(C)(C)C)cc1. The van der Waals surface area contributed by atoms with Crippen molar-refractivity contribution in [1.29, 1.82) is 0 Å². The zero-order valence-corrected chi connectivity index (χ0v) is 12.9. The van der Waals surface area contributed by atoms with Crippen molar-refractivity contribution in [3.8, 4) is 0 Å². The van der Waals surface area contributed by atoms with Crippen LogP contribution in [0.2, 0.25) is 0 Å². The second-order valence-corrected chi connectivity index (χ2v) is 6.50. The number of esters is 1. The summed E-state index contributed by atoms with van der Waals surface area (Å²) in [6, 6.07) is 7.68. The van der Waals surface area contributed by atoms with Gasteiger partial charge in [0.05, 0.1) is 5.56 Å². The highest BCUT2D eigenvalue weighted by atomic mass is 127. The van der Waals surface area contributed by atoms with E-state index in [0.717, 1.165) is 6.42 Å². The Hall–Kier alpha value is -0.580. The molecule has 0 fully saturated rings. The maximum absolute atomic E-state index is 11.8. The maximum Gasteiger partial charge on any atom is 0.338 e. The topological polar surface area (TPSA) is 26.3 Å². The Balaban J connectivity index is 2.77. The summed E-state index contributed by atoms with van der Waals surface area (Å²) in [5.74, 6) is -0.259. The van der Waals surface area contributed by atoms with Crippen LogP contribution >= 0.6 is 22.6 Å². The Kier molecular flexibility index (Phi) is 4.98. The lowest BCUT2D eigenvalue weighted by Gasteiger charge is -2.19. The van der Waals surface area contributed by atoms with Crippen molar-refractivity contribution in [2.45, 2.75) is 43.6 Å². The molecule has 0 spiro atoms. The van der Waals surface area contributed by atoms with E-state index in [1.165, 1.54) is 5.56 Å². The van der Waals surface area contributed by atoms with Crippen molar-refractivity contribution in [3.05, 3.63) is 35.4 Å². The number of rotatable bonds is 3. The van der Waals surface area contributed by atoms with Gasteiger partial charge < -0.3 is 4.74 Å². The van der Waals surface area contributed by atoms with E-state index in [4.69, 9.17) is 4.74 Å². The van der Waals surface area contributed by atoms with Gasteiger partial charge in [0.2, 0.25) is 0 Å². The fourth-order valence-corrected chi connectivity index (χ4v) is 1.82. The molecule has 0 N–H and O–H groups in total. The maximum atomic E-state index is 11.8. The molecule has 0 radical (unpaired) electrons. The van der Waals surface area contributed by atoms with Crippen molar-refractivity contribution in [2.24, 2.45) is 0 Å². The first-order valence-corrected chi connectivity index (χ1v) is 7.05. The standard InChI is InChI=1S/C14H19IO2/c1-5-12(15)10-6-8-11(9-7-10)13(16)17-14(2,3)4/h6-9,12H,5H2,1-4H3. The minimum Gasteiger partial charge on any atom is -0.456 e. The van der Waals surface area contributed by atoms with Gasteiger partial charge in [-0.15, -0.1) is 0 Å². The predicted octanol–water partition coefficient (Wildman–Crippen LogP) is 4.53. The molecule has 0 aromatic heterocycles. The average Bonchev–Trinajstić information content (AvgIpc) is 2.26. The van der Waals surface area contributed by atoms with Crippen molar-refractivity contribution < 1.29 is 9.53 Å². The third-order valence-electron chi connectivity index (χ3n) is 2.27. The summed E-state index contributed by atoms with van der Waals surface area (Å²) in [6.07, 6.45) is 1.09. The normalized spacial score (nSPS) is 13.2. The highest BCUT2D eigenvalue weighted by Crippen LogP contribution is 2.26. The Bertz CT molecular complexity index is 376. The van der Waals surface area contributed by atoms with Crippen LogP contribution in [0.5, 0.6) is 0 Å². The summed E-state index contributed by atoms with van der Waals surface area (Å²) >= 11 is 2.41. The first-order chi connectivity index (χ1) is 7.83. The van der Waals surface area contributed by atoms with Gasteiger partial charge in [-0.3, -0.25) is 0 Å². The average molecular weight is 346 g/mol. The van der Waals surface area contributed by atoms with Gasteiger partial charge in [0.15, 0.2) is 0 Å². The van der Waals surface area contributed by atoms with Crippen LogP contribution < -0.4 is 0 Å². The van der Waals surface area contributed by atoms with Crippen LogP contribution in [0.4, 0.5) is 0 Å². The highest BCUT2D eigenvalue weighted by molar-refractivity contribution is 14.1. The Morgan fingerprint density at radius 3 is 2.24 bits per heavy atom. The molecule has 0 aliphatic heterocycles. The molecule has 1 unspecified atom stereocenters. The summed E-state index contributed by atoms with van der Waals surface area (Å²) in [6.45, 7) is 7.77. The molecular formula is C14H19IO2. The summed E-state index contributed by atoms with van der Waals surface area (Å²) < 4.78 is 5.81. The van der Waals surface area contributed by atoms with Crippen LogP contribution in [0.3, 0.4) is 0 Å². The minimum atomic E-state index is -0.440. The molecule has 0 aliphatic rings. The molecule has 0 heterocycles. The van der Waals surface area contributed by atoms with Crippen LogP contribution in [-0.4, -0.2) is 11.6 Å². The van der Waals surface area contributed by atoms with Gasteiger partial charge >= 0.3 is 5.97 Å². The first-order valence-electron chi connectivity index (χ1n) is 5.81. The van der Waals surface area contributed by atoms with Gasteiger partial charge in [-0.05, 0) is 44.9 Å². The zero-order chi connectivity index (χ0) is 13.1. The van der Waals surface area contributed by atoms with E-state index in [0.29, 0.717) is 9.49 Å². The number of halogens is 1. The van der Waals surface area contributed by atoms with E-state index in [1.807, 2.05) is 45.0 Å². The fourth-order valence-electron chi connectivity index (χ4n) is 1.40. The van der Waals surface area contributed by atoms with Gasteiger partial charge in [0.25, 0.3) is 0 Å². The molecule has 0 amide bonds. The van der Waals surface area contributed by atoms with Crippen molar-refractivity contribution in [1.82, 2.24) is 0 Å². The van der Waals surface area contributed by atoms with Crippen LogP contribution in [0.15, 0.2) is 24.3 Å². The third kappa shape index (κ3) is 4.66. The van der Waals surface area contributed by atoms with E-state index in [-0.39, 0.29) is 5.97 Å². The fraction of sp³-hybridized carbons (Fsp3) is 0.500. The molecule has 0 aliphatic carbocycles. The third-order valence-corrected chi connectivity index (χ3v) is 3.87. The second-order valence-electron chi connectivity index (χ2n) is 5.00. The van der Waals surface area contributed by atoms with Crippen LogP contribution in [0.1, 0.15) is 54.0 Å². The number of alkyl halides is 1. The van der Waals surface area contributed by atoms with Crippen LogP contribution in [-0.2, 0) is 4.74 Å². The van der Waals surface area contributed by atoms with Crippen molar-refractivity contribution in [2.75, 3.05) is 0 Å². The first kappa shape index (κ1) is 14.5. The Morgan fingerprint density at radius 2 is 1.82 bits per heavy atom. The summed E-state index contributed by atoms with van der Waals surface area (Å²) in [5, 5.41) is 0. The lowest BCUT2D eigenvalue weighted by atomic mass is 10.1. The predicted molar refractivity (Wildman–Crippen MR) is 78.7 cm³/mol. The lowest BCUT2D eigenvalue weighted by molar-refractivity contribution is 0.00695. The monoisotopic (exact) mass is 346 g/mol. The number of ether oxygens (including phenoxy) is 1. The molecule has 0 saturated carbocycles. The van der Waals surface area contributed by atoms with Crippen LogP contribution in [0, 0.1) is 0 Å². The van der Waals surface area contributed by atoms with E-state index in [1.54, 1.807) is 0 Å². The van der Waals surface area contributed by atoms with Crippen molar-refractivity contribution in [3.63, 3.8) is 0 Å². The number of hydrogen-bond donors (Lipinski definition) is 0. The van der Waals surface area contributed by atoms with Crippen LogP contribution in [0.25, 0.3) is 0 Å². The molecule has 0 bridgehead atoms. The van der Waals surface area contributed by atoms with E-state index >= 15 is 0 Å². The molecule has 1 aromatic carbocycles. The molecule has 2 nitrogen and oxygen atoms in total. The quantitative estimate of drug-likeness (QED) is 0.457. The second kappa shape index (κ2) is 5.85. The number of carbonyl (C=O) groups is 1. The molecular weight excluding hydrogens is 327 g/mol. The molecule has 17 heavy (non-hydrogen) atoms. The van der Waals surface area contributed by atoms with Gasteiger partial charge in [0, 0.05) is 3.92 Å². The molecule has 0 saturated heterocycles. The smallest absolute Gasteiger partial charge is 0.338 e. The number of benzene rings is 1. The van der Waals surface area contributed by atoms with Gasteiger partial charge in [-0.25, -0.2) is 4.79 Å². The summed E-state index contributed by atoms with van der Waals surface area (Å²) in [5.41, 5.74) is 1.43. The molecule has 1 aromatic rings. The summed E-state index contributed by atoms with van der Waals surface area (Å²) in [7, 11) is 0. The summed E-state index contributed by atoms with van der Waals surface area (Å²) in [4.78, 5) is 11.8. The van der Waals surface area contributed by atoms with Gasteiger partial charge in [-0.2, -0.15) is 0 Å². The van der Waals surface area contributed by atoms with Gasteiger partial charge in [0.1, 0.15) is 5.60 Å². The Labute approximate surface area is 117 Å². The zero-order valence-electron chi connectivity index (χ0n) is 10.8. The lowest BCUT2D eigenvalue weighted by Crippen LogP contribution is -2.23. The van der Waals surface area contributed by atoms with E-state index in [9.17, 15) is 4.79 Å². The molecule has 94 valence electrons. The molecule has 3 heteroatoms. The molecule has 1 rings (SSSR count). The van der Waals surface area contributed by atoms with Crippen molar-refractivity contribution >= 4 is 28.6 Å². The molecule has 1 atom stereocenters.